The maximum atomic E-state index is 11.5. The van der Waals surface area contributed by atoms with Crippen LogP contribution in [0.4, 0.5) is 0 Å². The summed E-state index contributed by atoms with van der Waals surface area (Å²) in [6, 6.07) is 0. The SMILES string of the molecule is [N-]=[N+]=NCCCNC(=O)CC1CCSCC1. The zero-order valence-corrected chi connectivity index (χ0v) is 10.2. The van der Waals surface area contributed by atoms with Gasteiger partial charge in [0.05, 0.1) is 0 Å². The minimum absolute atomic E-state index is 0.137. The fourth-order valence-corrected chi connectivity index (χ4v) is 2.91. The summed E-state index contributed by atoms with van der Waals surface area (Å²) >= 11 is 1.97. The molecular formula is C10H18N4OS. The van der Waals surface area contributed by atoms with Crippen LogP contribution >= 0.6 is 11.8 Å². The lowest BCUT2D eigenvalue weighted by Gasteiger charge is -2.20. The Labute approximate surface area is 100.0 Å². The molecule has 1 rings (SSSR count). The first kappa shape index (κ1) is 13.2. The molecule has 0 saturated carbocycles. The van der Waals surface area contributed by atoms with Crippen LogP contribution in [0.15, 0.2) is 5.11 Å². The molecule has 1 amide bonds. The quantitative estimate of drug-likeness (QED) is 0.336. The van der Waals surface area contributed by atoms with Gasteiger partial charge >= 0.3 is 0 Å². The zero-order chi connectivity index (χ0) is 11.6. The number of carbonyl (C=O) groups is 1. The van der Waals surface area contributed by atoms with E-state index in [1.807, 2.05) is 11.8 Å². The number of nitrogens with one attached hydrogen (secondary N) is 1. The van der Waals surface area contributed by atoms with E-state index in [9.17, 15) is 4.79 Å². The van der Waals surface area contributed by atoms with Crippen molar-refractivity contribution in [1.82, 2.24) is 5.32 Å². The molecule has 1 N–H and O–H groups in total. The first-order valence-electron chi connectivity index (χ1n) is 5.68. The molecule has 16 heavy (non-hydrogen) atoms. The molecule has 1 aliphatic heterocycles. The molecule has 1 aliphatic rings. The summed E-state index contributed by atoms with van der Waals surface area (Å²) in [5, 5.41) is 6.27. The number of rotatable bonds is 6. The van der Waals surface area contributed by atoms with E-state index in [0.29, 0.717) is 25.4 Å². The molecule has 0 bridgehead atoms. The molecule has 0 atom stereocenters. The Morgan fingerprint density at radius 3 is 2.94 bits per heavy atom. The van der Waals surface area contributed by atoms with E-state index >= 15 is 0 Å². The van der Waals surface area contributed by atoms with Crippen molar-refractivity contribution in [3.63, 3.8) is 0 Å². The number of hydrogen-bond donors (Lipinski definition) is 1. The number of thioether (sulfide) groups is 1. The number of amides is 1. The van der Waals surface area contributed by atoms with Crippen LogP contribution in [0, 0.1) is 5.92 Å². The second kappa shape index (κ2) is 8.30. The van der Waals surface area contributed by atoms with Gasteiger partial charge in [-0.25, -0.2) is 0 Å². The van der Waals surface area contributed by atoms with Gasteiger partial charge in [-0.2, -0.15) is 11.8 Å². The van der Waals surface area contributed by atoms with Crippen molar-refractivity contribution in [2.75, 3.05) is 24.6 Å². The van der Waals surface area contributed by atoms with E-state index in [4.69, 9.17) is 5.53 Å². The Morgan fingerprint density at radius 1 is 1.50 bits per heavy atom. The van der Waals surface area contributed by atoms with Gasteiger partial charge in [0.1, 0.15) is 0 Å². The molecule has 5 nitrogen and oxygen atoms in total. The number of carbonyl (C=O) groups excluding carboxylic acids is 1. The molecule has 0 radical (unpaired) electrons. The van der Waals surface area contributed by atoms with Crippen molar-refractivity contribution < 1.29 is 4.79 Å². The van der Waals surface area contributed by atoms with Gasteiger partial charge < -0.3 is 5.32 Å². The summed E-state index contributed by atoms with van der Waals surface area (Å²) in [5.74, 6) is 3.08. The van der Waals surface area contributed by atoms with Crippen LogP contribution in [-0.4, -0.2) is 30.5 Å². The molecule has 0 aliphatic carbocycles. The molecule has 1 fully saturated rings. The number of azide groups is 1. The van der Waals surface area contributed by atoms with Crippen LogP contribution in [0.3, 0.4) is 0 Å². The molecule has 1 heterocycles. The van der Waals surface area contributed by atoms with Gasteiger partial charge in [-0.05, 0) is 42.2 Å². The molecule has 0 spiro atoms. The Balaban J connectivity index is 2.03. The summed E-state index contributed by atoms with van der Waals surface area (Å²) in [5.41, 5.74) is 8.06. The van der Waals surface area contributed by atoms with Gasteiger partial charge in [0.2, 0.25) is 5.91 Å². The minimum atomic E-state index is 0.137. The second-order valence-corrected chi connectivity index (χ2v) is 5.14. The van der Waals surface area contributed by atoms with Crippen LogP contribution in [0.1, 0.15) is 25.7 Å². The third kappa shape index (κ3) is 5.88. The third-order valence-electron chi connectivity index (χ3n) is 2.64. The topological polar surface area (TPSA) is 77.9 Å². The highest BCUT2D eigenvalue weighted by Gasteiger charge is 2.16. The highest BCUT2D eigenvalue weighted by Crippen LogP contribution is 2.24. The fourth-order valence-electron chi connectivity index (χ4n) is 1.71. The third-order valence-corrected chi connectivity index (χ3v) is 3.68. The molecule has 1 saturated heterocycles. The van der Waals surface area contributed by atoms with Crippen molar-refractivity contribution in [2.45, 2.75) is 25.7 Å². The van der Waals surface area contributed by atoms with Gasteiger partial charge in [-0.3, -0.25) is 4.79 Å². The summed E-state index contributed by atoms with van der Waals surface area (Å²) in [7, 11) is 0. The Hall–Kier alpha value is -0.870. The lowest BCUT2D eigenvalue weighted by Crippen LogP contribution is -2.28. The Kier molecular flexibility index (Phi) is 6.85. The zero-order valence-electron chi connectivity index (χ0n) is 9.39. The average Bonchev–Trinajstić information content (AvgIpc) is 2.30. The van der Waals surface area contributed by atoms with Crippen molar-refractivity contribution >= 4 is 17.7 Å². The van der Waals surface area contributed by atoms with E-state index in [0.717, 1.165) is 19.3 Å². The molecular weight excluding hydrogens is 224 g/mol. The van der Waals surface area contributed by atoms with E-state index in [1.54, 1.807) is 0 Å². The van der Waals surface area contributed by atoms with Crippen molar-refractivity contribution in [2.24, 2.45) is 11.0 Å². The van der Waals surface area contributed by atoms with Crippen molar-refractivity contribution in [3.8, 4) is 0 Å². The average molecular weight is 242 g/mol. The van der Waals surface area contributed by atoms with Gasteiger partial charge in [0.25, 0.3) is 0 Å². The predicted octanol–water partition coefficient (Wildman–Crippen LogP) is 2.34. The summed E-state index contributed by atoms with van der Waals surface area (Å²) in [4.78, 5) is 14.2. The van der Waals surface area contributed by atoms with Gasteiger partial charge in [-0.15, -0.1) is 0 Å². The molecule has 0 unspecified atom stereocenters. The smallest absolute Gasteiger partial charge is 0.220 e. The van der Waals surface area contributed by atoms with E-state index < -0.39 is 0 Å². The molecule has 0 aromatic heterocycles. The molecule has 0 aromatic carbocycles. The standard InChI is InChI=1S/C10H18N4OS/c11-14-13-5-1-4-12-10(15)8-9-2-6-16-7-3-9/h9H,1-8H2,(H,12,15). The molecule has 0 aromatic rings. The van der Waals surface area contributed by atoms with Crippen molar-refractivity contribution in [1.29, 1.82) is 0 Å². The Morgan fingerprint density at radius 2 is 2.25 bits per heavy atom. The summed E-state index contributed by atoms with van der Waals surface area (Å²) < 4.78 is 0. The largest absolute Gasteiger partial charge is 0.356 e. The minimum Gasteiger partial charge on any atom is -0.356 e. The highest BCUT2D eigenvalue weighted by molar-refractivity contribution is 7.99. The summed E-state index contributed by atoms with van der Waals surface area (Å²) in [6.07, 6.45) is 3.70. The van der Waals surface area contributed by atoms with E-state index in [-0.39, 0.29) is 5.91 Å². The molecule has 90 valence electrons. The monoisotopic (exact) mass is 242 g/mol. The van der Waals surface area contributed by atoms with Gasteiger partial charge in [-0.1, -0.05) is 5.11 Å². The predicted molar refractivity (Wildman–Crippen MR) is 66.3 cm³/mol. The molecule has 6 heteroatoms. The summed E-state index contributed by atoms with van der Waals surface area (Å²) in [6.45, 7) is 1.07. The highest BCUT2D eigenvalue weighted by atomic mass is 32.2. The van der Waals surface area contributed by atoms with Crippen LogP contribution in [0.5, 0.6) is 0 Å². The van der Waals surface area contributed by atoms with Gasteiger partial charge in [0, 0.05) is 24.4 Å². The van der Waals surface area contributed by atoms with E-state index in [1.165, 1.54) is 11.5 Å². The van der Waals surface area contributed by atoms with Crippen LogP contribution in [-0.2, 0) is 4.79 Å². The fraction of sp³-hybridized carbons (Fsp3) is 0.900. The number of nitrogens with zero attached hydrogens (tertiary/aromatic N) is 3. The van der Waals surface area contributed by atoms with Crippen molar-refractivity contribution in [3.05, 3.63) is 10.4 Å². The lowest BCUT2D eigenvalue weighted by molar-refractivity contribution is -0.122. The second-order valence-electron chi connectivity index (χ2n) is 3.92. The number of hydrogen-bond acceptors (Lipinski definition) is 3. The van der Waals surface area contributed by atoms with Crippen LogP contribution in [0.25, 0.3) is 10.4 Å². The normalized spacial score (nSPS) is 16.5. The van der Waals surface area contributed by atoms with Gasteiger partial charge in [0.15, 0.2) is 0 Å². The maximum Gasteiger partial charge on any atom is 0.220 e. The maximum absolute atomic E-state index is 11.5. The first-order valence-corrected chi connectivity index (χ1v) is 6.83. The van der Waals surface area contributed by atoms with Crippen LogP contribution in [0.2, 0.25) is 0 Å². The Bertz CT molecular complexity index is 260. The lowest BCUT2D eigenvalue weighted by atomic mass is 9.98. The first-order chi connectivity index (χ1) is 7.83. The van der Waals surface area contributed by atoms with E-state index in [2.05, 4.69) is 15.3 Å². The van der Waals surface area contributed by atoms with Crippen LogP contribution < -0.4 is 5.32 Å².